The summed E-state index contributed by atoms with van der Waals surface area (Å²) in [6.07, 6.45) is 3.39. The second kappa shape index (κ2) is 9.23. The molecule has 37 heavy (non-hydrogen) atoms. The molecule has 9 heteroatoms. The number of benzene rings is 2. The smallest absolute Gasteiger partial charge is 0.141 e. The van der Waals surface area contributed by atoms with Gasteiger partial charge in [0.2, 0.25) is 0 Å². The van der Waals surface area contributed by atoms with Crippen molar-refractivity contribution < 1.29 is 22.8 Å². The van der Waals surface area contributed by atoms with Crippen LogP contribution in [0.3, 0.4) is 0 Å². The van der Waals surface area contributed by atoms with E-state index in [1.807, 2.05) is 30.5 Å². The number of halogens is 2. The van der Waals surface area contributed by atoms with Crippen LogP contribution in [0.1, 0.15) is 41.6 Å². The highest BCUT2D eigenvalue weighted by molar-refractivity contribution is 6.05. The normalized spacial score (nSPS) is 14.6. The molecule has 5 aromatic rings. The summed E-state index contributed by atoms with van der Waals surface area (Å²) in [5, 5.41) is 4.92. The summed E-state index contributed by atoms with van der Waals surface area (Å²) in [4.78, 5) is 9.69. The SMILES string of the molecule is COc1cc2c(cc1-c1c(C)noc1C)ncc1nc(C3CCOCC3)n(Cc3ccc(F)cc3F)c12. The number of hydrogen-bond acceptors (Lipinski definition) is 6. The number of fused-ring (bicyclic) bond motifs is 3. The summed E-state index contributed by atoms with van der Waals surface area (Å²) < 4.78 is 47.3. The first kappa shape index (κ1) is 23.5. The van der Waals surface area contributed by atoms with Gasteiger partial charge in [-0.3, -0.25) is 4.98 Å². The summed E-state index contributed by atoms with van der Waals surface area (Å²) in [6.45, 7) is 5.25. The lowest BCUT2D eigenvalue weighted by Gasteiger charge is -2.23. The molecule has 1 aliphatic rings. The van der Waals surface area contributed by atoms with E-state index in [2.05, 4.69) is 5.16 Å². The number of aryl methyl sites for hydroxylation is 2. The van der Waals surface area contributed by atoms with E-state index in [1.54, 1.807) is 13.3 Å². The molecule has 0 atom stereocenters. The molecular formula is C28H26F2N4O3. The molecule has 4 heterocycles. The predicted molar refractivity (Wildman–Crippen MR) is 135 cm³/mol. The van der Waals surface area contributed by atoms with E-state index >= 15 is 0 Å². The van der Waals surface area contributed by atoms with E-state index in [-0.39, 0.29) is 12.5 Å². The van der Waals surface area contributed by atoms with Crippen LogP contribution >= 0.6 is 0 Å². The summed E-state index contributed by atoms with van der Waals surface area (Å²) >= 11 is 0. The number of pyridine rings is 1. The van der Waals surface area contributed by atoms with Crippen LogP contribution in [0.5, 0.6) is 5.75 Å². The van der Waals surface area contributed by atoms with E-state index in [0.717, 1.165) is 58.0 Å². The molecule has 1 saturated heterocycles. The molecule has 1 fully saturated rings. The van der Waals surface area contributed by atoms with Crippen LogP contribution in [0.15, 0.2) is 41.1 Å². The van der Waals surface area contributed by atoms with Gasteiger partial charge in [0, 0.05) is 41.7 Å². The Labute approximate surface area is 212 Å². The minimum Gasteiger partial charge on any atom is -0.496 e. The molecule has 2 aromatic carbocycles. The maximum Gasteiger partial charge on any atom is 0.141 e. The fourth-order valence-electron chi connectivity index (χ4n) is 5.34. The third-order valence-electron chi connectivity index (χ3n) is 7.16. The maximum absolute atomic E-state index is 14.8. The lowest BCUT2D eigenvalue weighted by molar-refractivity contribution is 0.0830. The van der Waals surface area contributed by atoms with Crippen molar-refractivity contribution in [2.24, 2.45) is 0 Å². The van der Waals surface area contributed by atoms with Crippen molar-refractivity contribution in [1.82, 2.24) is 19.7 Å². The van der Waals surface area contributed by atoms with Crippen molar-refractivity contribution in [3.05, 3.63) is 71.0 Å². The Morgan fingerprint density at radius 1 is 1.08 bits per heavy atom. The Bertz CT molecular complexity index is 1620. The van der Waals surface area contributed by atoms with Gasteiger partial charge in [-0.25, -0.2) is 13.8 Å². The van der Waals surface area contributed by atoms with Crippen molar-refractivity contribution in [2.45, 2.75) is 39.2 Å². The second-order valence-electron chi connectivity index (χ2n) is 9.44. The molecule has 0 radical (unpaired) electrons. The number of nitrogens with zero attached hydrogens (tertiary/aromatic N) is 4. The summed E-state index contributed by atoms with van der Waals surface area (Å²) in [7, 11) is 1.62. The van der Waals surface area contributed by atoms with Gasteiger partial charge in [-0.05, 0) is 44.9 Å². The Kier molecular flexibility index (Phi) is 5.87. The Morgan fingerprint density at radius 3 is 2.59 bits per heavy atom. The molecule has 7 nitrogen and oxygen atoms in total. The van der Waals surface area contributed by atoms with Crippen LogP contribution in [-0.2, 0) is 11.3 Å². The van der Waals surface area contributed by atoms with E-state index in [0.29, 0.717) is 35.8 Å². The average Bonchev–Trinajstić information content (AvgIpc) is 3.44. The van der Waals surface area contributed by atoms with E-state index in [4.69, 9.17) is 24.0 Å². The van der Waals surface area contributed by atoms with Gasteiger partial charge in [0.1, 0.15) is 34.5 Å². The van der Waals surface area contributed by atoms with Gasteiger partial charge < -0.3 is 18.6 Å². The quantitative estimate of drug-likeness (QED) is 0.289. The first-order valence-electron chi connectivity index (χ1n) is 12.3. The highest BCUT2D eigenvalue weighted by Crippen LogP contribution is 2.40. The Balaban J connectivity index is 1.61. The fraction of sp³-hybridized carbons (Fsp3) is 0.321. The molecule has 0 bridgehead atoms. The Morgan fingerprint density at radius 2 is 1.89 bits per heavy atom. The number of ether oxygens (including phenoxy) is 2. The molecule has 0 N–H and O–H groups in total. The molecule has 0 amide bonds. The monoisotopic (exact) mass is 504 g/mol. The van der Waals surface area contributed by atoms with Crippen molar-refractivity contribution in [2.75, 3.05) is 20.3 Å². The van der Waals surface area contributed by atoms with Crippen LogP contribution in [0, 0.1) is 25.5 Å². The molecule has 3 aromatic heterocycles. The number of imidazole rings is 1. The molecule has 1 aliphatic heterocycles. The molecular weight excluding hydrogens is 478 g/mol. The molecule has 0 unspecified atom stereocenters. The minimum absolute atomic E-state index is 0.156. The zero-order chi connectivity index (χ0) is 25.7. The minimum atomic E-state index is -0.604. The summed E-state index contributed by atoms with van der Waals surface area (Å²) in [5.41, 5.74) is 5.13. The van der Waals surface area contributed by atoms with Gasteiger partial charge in [-0.2, -0.15) is 0 Å². The molecule has 190 valence electrons. The van der Waals surface area contributed by atoms with Crippen LogP contribution in [0.4, 0.5) is 8.78 Å². The standard InChI is InChI=1S/C28H26F2N4O3/c1-15-26(16(2)37-33-15)21-11-23-20(12-25(21)35-3)27-24(13-31-23)32-28(17-6-8-36-9-7-17)34(27)14-18-4-5-19(29)10-22(18)30/h4-5,10-13,17H,6-9,14H2,1-3H3. The van der Waals surface area contributed by atoms with Crippen molar-refractivity contribution >= 4 is 21.9 Å². The average molecular weight is 505 g/mol. The van der Waals surface area contributed by atoms with Gasteiger partial charge >= 0.3 is 0 Å². The largest absolute Gasteiger partial charge is 0.496 e. The topological polar surface area (TPSA) is 75.2 Å². The van der Waals surface area contributed by atoms with Crippen LogP contribution in [0.25, 0.3) is 33.1 Å². The second-order valence-corrected chi connectivity index (χ2v) is 9.44. The van der Waals surface area contributed by atoms with Gasteiger partial charge in [0.15, 0.2) is 0 Å². The maximum atomic E-state index is 14.8. The lowest BCUT2D eigenvalue weighted by Crippen LogP contribution is -2.18. The summed E-state index contributed by atoms with van der Waals surface area (Å²) in [6, 6.07) is 7.60. The van der Waals surface area contributed by atoms with Crippen LogP contribution in [-0.4, -0.2) is 40.0 Å². The number of rotatable bonds is 5. The van der Waals surface area contributed by atoms with Crippen molar-refractivity contribution in [3.8, 4) is 16.9 Å². The zero-order valence-corrected chi connectivity index (χ0v) is 20.8. The summed E-state index contributed by atoms with van der Waals surface area (Å²) in [5.74, 6) is 1.15. The highest BCUT2D eigenvalue weighted by atomic mass is 19.1. The third-order valence-corrected chi connectivity index (χ3v) is 7.16. The van der Waals surface area contributed by atoms with E-state index in [9.17, 15) is 8.78 Å². The number of methoxy groups -OCH3 is 1. The van der Waals surface area contributed by atoms with Crippen LogP contribution < -0.4 is 4.74 Å². The zero-order valence-electron chi connectivity index (χ0n) is 20.8. The molecule has 0 spiro atoms. The van der Waals surface area contributed by atoms with Gasteiger partial charge in [-0.1, -0.05) is 11.2 Å². The van der Waals surface area contributed by atoms with E-state index < -0.39 is 11.6 Å². The molecule has 6 rings (SSSR count). The number of hydrogen-bond donors (Lipinski definition) is 0. The fourth-order valence-corrected chi connectivity index (χ4v) is 5.34. The van der Waals surface area contributed by atoms with Crippen LogP contribution in [0.2, 0.25) is 0 Å². The predicted octanol–water partition coefficient (Wildman–Crippen LogP) is 6.09. The van der Waals surface area contributed by atoms with Crippen molar-refractivity contribution in [3.63, 3.8) is 0 Å². The number of aromatic nitrogens is 4. The van der Waals surface area contributed by atoms with Gasteiger partial charge in [-0.15, -0.1) is 0 Å². The van der Waals surface area contributed by atoms with Gasteiger partial charge in [0.05, 0.1) is 42.1 Å². The lowest BCUT2D eigenvalue weighted by atomic mass is 9.99. The highest BCUT2D eigenvalue weighted by Gasteiger charge is 2.26. The van der Waals surface area contributed by atoms with Crippen molar-refractivity contribution in [1.29, 1.82) is 0 Å². The molecule has 0 saturated carbocycles. The van der Waals surface area contributed by atoms with Gasteiger partial charge in [0.25, 0.3) is 0 Å². The first-order valence-corrected chi connectivity index (χ1v) is 12.3. The Hall–Kier alpha value is -3.85. The molecule has 0 aliphatic carbocycles. The first-order chi connectivity index (χ1) is 17.9. The third kappa shape index (κ3) is 4.03. The van der Waals surface area contributed by atoms with E-state index in [1.165, 1.54) is 12.1 Å².